The zero-order valence-electron chi connectivity index (χ0n) is 9.00. The normalized spacial score (nSPS) is 14.8. The van der Waals surface area contributed by atoms with Gasteiger partial charge in [-0.15, -0.1) is 0 Å². The molecule has 0 aliphatic heterocycles. The van der Waals surface area contributed by atoms with E-state index in [9.17, 15) is 4.79 Å². The maximum atomic E-state index is 11.8. The van der Waals surface area contributed by atoms with Crippen LogP contribution in [0.4, 0.5) is 5.69 Å². The van der Waals surface area contributed by atoms with Crippen LogP contribution in [0.2, 0.25) is 0 Å². The number of carbonyl (C=O) groups excluding carboxylic acids is 1. The zero-order valence-corrected chi connectivity index (χ0v) is 9.00. The van der Waals surface area contributed by atoms with E-state index in [1.165, 1.54) is 0 Å². The first-order chi connectivity index (χ1) is 7.20. The Hall–Kier alpha value is -1.58. The number of rotatable bonds is 3. The van der Waals surface area contributed by atoms with Crippen LogP contribution in [-0.4, -0.2) is 24.0 Å². The van der Waals surface area contributed by atoms with E-state index < -0.39 is 0 Å². The molecule has 1 aliphatic carbocycles. The summed E-state index contributed by atoms with van der Waals surface area (Å²) >= 11 is 0. The van der Waals surface area contributed by atoms with Gasteiger partial charge in [-0.2, -0.15) is 0 Å². The van der Waals surface area contributed by atoms with Crippen molar-refractivity contribution in [3.8, 4) is 0 Å². The third-order valence-corrected chi connectivity index (χ3v) is 2.47. The van der Waals surface area contributed by atoms with Crippen molar-refractivity contribution in [2.24, 2.45) is 0 Å². The van der Waals surface area contributed by atoms with Crippen molar-refractivity contribution >= 4 is 11.6 Å². The molecule has 1 fully saturated rings. The average molecular weight is 205 g/mol. The number of aromatic nitrogens is 1. The predicted octanol–water partition coefficient (Wildman–Crippen LogP) is 1.32. The van der Waals surface area contributed by atoms with E-state index in [4.69, 9.17) is 0 Å². The number of aryl methyl sites for hydroxylation is 1. The topological polar surface area (TPSA) is 54.0 Å². The number of hydrogen-bond acceptors (Lipinski definition) is 3. The Kier molecular flexibility index (Phi) is 2.58. The number of anilines is 1. The summed E-state index contributed by atoms with van der Waals surface area (Å²) in [6, 6.07) is 2.26. The lowest BCUT2D eigenvalue weighted by atomic mass is 10.2. The van der Waals surface area contributed by atoms with Crippen molar-refractivity contribution in [1.29, 1.82) is 0 Å². The van der Waals surface area contributed by atoms with Crippen LogP contribution in [0, 0.1) is 6.92 Å². The van der Waals surface area contributed by atoms with Gasteiger partial charge in [0.15, 0.2) is 0 Å². The maximum absolute atomic E-state index is 11.8. The standard InChI is InChI=1S/C11H15N3O/c1-7-5-10(12-2)9(6-13-7)11(15)14-8-3-4-8/h5-6,8H,3-4H2,1-2H3,(H,12,13)(H,14,15). The largest absolute Gasteiger partial charge is 0.387 e. The van der Waals surface area contributed by atoms with Crippen molar-refractivity contribution in [2.75, 3.05) is 12.4 Å². The maximum Gasteiger partial charge on any atom is 0.255 e. The molecule has 80 valence electrons. The quantitative estimate of drug-likeness (QED) is 0.782. The molecule has 0 unspecified atom stereocenters. The zero-order chi connectivity index (χ0) is 10.8. The fraction of sp³-hybridized carbons (Fsp3) is 0.455. The van der Waals surface area contributed by atoms with Crippen molar-refractivity contribution in [2.45, 2.75) is 25.8 Å². The van der Waals surface area contributed by atoms with Crippen LogP contribution in [0.15, 0.2) is 12.3 Å². The number of pyridine rings is 1. The molecule has 4 heteroatoms. The molecular formula is C11H15N3O. The highest BCUT2D eigenvalue weighted by atomic mass is 16.1. The highest BCUT2D eigenvalue weighted by molar-refractivity contribution is 5.99. The minimum atomic E-state index is -0.0330. The van der Waals surface area contributed by atoms with Gasteiger partial charge in [-0.25, -0.2) is 0 Å². The van der Waals surface area contributed by atoms with Crippen molar-refractivity contribution in [3.63, 3.8) is 0 Å². The molecule has 1 aromatic heterocycles. The fourth-order valence-electron chi connectivity index (χ4n) is 1.44. The molecule has 2 rings (SSSR count). The lowest BCUT2D eigenvalue weighted by molar-refractivity contribution is 0.0951. The Morgan fingerprint density at radius 3 is 2.87 bits per heavy atom. The number of hydrogen-bond donors (Lipinski definition) is 2. The number of nitrogens with one attached hydrogen (secondary N) is 2. The monoisotopic (exact) mass is 205 g/mol. The summed E-state index contributed by atoms with van der Waals surface area (Å²) in [7, 11) is 1.81. The van der Waals surface area contributed by atoms with Crippen LogP contribution in [-0.2, 0) is 0 Å². The smallest absolute Gasteiger partial charge is 0.255 e. The minimum Gasteiger partial charge on any atom is -0.387 e. The van der Waals surface area contributed by atoms with Gasteiger partial charge in [0, 0.05) is 25.0 Å². The highest BCUT2D eigenvalue weighted by Crippen LogP contribution is 2.21. The van der Waals surface area contributed by atoms with E-state index in [1.807, 2.05) is 20.0 Å². The Balaban J connectivity index is 2.21. The van der Waals surface area contributed by atoms with Gasteiger partial charge in [-0.3, -0.25) is 9.78 Å². The molecular weight excluding hydrogens is 190 g/mol. The Bertz CT molecular complexity index is 385. The SMILES string of the molecule is CNc1cc(C)ncc1C(=O)NC1CC1. The Morgan fingerprint density at radius 2 is 2.27 bits per heavy atom. The first-order valence-electron chi connectivity index (χ1n) is 5.16. The van der Waals surface area contributed by atoms with Gasteiger partial charge in [0.05, 0.1) is 11.3 Å². The van der Waals surface area contributed by atoms with E-state index in [-0.39, 0.29) is 5.91 Å². The van der Waals surface area contributed by atoms with Gasteiger partial charge >= 0.3 is 0 Å². The van der Waals surface area contributed by atoms with Gasteiger partial charge in [-0.05, 0) is 25.8 Å². The summed E-state index contributed by atoms with van der Waals surface area (Å²) < 4.78 is 0. The lowest BCUT2D eigenvalue weighted by Gasteiger charge is -2.09. The van der Waals surface area contributed by atoms with Crippen LogP contribution in [0.1, 0.15) is 28.9 Å². The molecule has 0 atom stereocenters. The van der Waals surface area contributed by atoms with E-state index in [2.05, 4.69) is 15.6 Å². The van der Waals surface area contributed by atoms with Gasteiger partial charge < -0.3 is 10.6 Å². The Morgan fingerprint density at radius 1 is 1.53 bits per heavy atom. The van der Waals surface area contributed by atoms with Gasteiger partial charge in [0.1, 0.15) is 0 Å². The lowest BCUT2D eigenvalue weighted by Crippen LogP contribution is -2.26. The van der Waals surface area contributed by atoms with Crippen LogP contribution in [0.25, 0.3) is 0 Å². The van der Waals surface area contributed by atoms with E-state index >= 15 is 0 Å². The van der Waals surface area contributed by atoms with Crippen LogP contribution < -0.4 is 10.6 Å². The molecule has 0 saturated heterocycles. The molecule has 1 heterocycles. The van der Waals surface area contributed by atoms with Crippen molar-refractivity contribution < 1.29 is 4.79 Å². The fourth-order valence-corrected chi connectivity index (χ4v) is 1.44. The van der Waals surface area contributed by atoms with Crippen LogP contribution in [0.5, 0.6) is 0 Å². The molecule has 15 heavy (non-hydrogen) atoms. The van der Waals surface area contributed by atoms with Gasteiger partial charge in [0.25, 0.3) is 5.91 Å². The van der Waals surface area contributed by atoms with E-state index in [1.54, 1.807) is 6.20 Å². The first-order valence-corrected chi connectivity index (χ1v) is 5.16. The third-order valence-electron chi connectivity index (χ3n) is 2.47. The van der Waals surface area contributed by atoms with Gasteiger partial charge in [-0.1, -0.05) is 0 Å². The summed E-state index contributed by atoms with van der Waals surface area (Å²) in [6.07, 6.45) is 3.82. The third kappa shape index (κ3) is 2.26. The van der Waals surface area contributed by atoms with Crippen LogP contribution >= 0.6 is 0 Å². The molecule has 1 aliphatic rings. The summed E-state index contributed by atoms with van der Waals surface area (Å²) in [5.74, 6) is -0.0330. The number of nitrogens with zero attached hydrogens (tertiary/aromatic N) is 1. The summed E-state index contributed by atoms with van der Waals surface area (Å²) in [6.45, 7) is 1.91. The predicted molar refractivity (Wildman–Crippen MR) is 59.0 cm³/mol. The molecule has 0 aromatic carbocycles. The van der Waals surface area contributed by atoms with Crippen LogP contribution in [0.3, 0.4) is 0 Å². The Labute approximate surface area is 89.1 Å². The molecule has 2 N–H and O–H groups in total. The molecule has 1 saturated carbocycles. The molecule has 0 radical (unpaired) electrons. The van der Waals surface area contributed by atoms with E-state index in [0.717, 1.165) is 24.2 Å². The van der Waals surface area contributed by atoms with E-state index in [0.29, 0.717) is 11.6 Å². The molecule has 1 amide bonds. The summed E-state index contributed by atoms with van der Waals surface area (Å²) in [5.41, 5.74) is 2.36. The van der Waals surface area contributed by atoms with Crippen molar-refractivity contribution in [1.82, 2.24) is 10.3 Å². The number of amides is 1. The molecule has 1 aromatic rings. The number of carbonyl (C=O) groups is 1. The van der Waals surface area contributed by atoms with Gasteiger partial charge in [0.2, 0.25) is 0 Å². The molecule has 0 spiro atoms. The summed E-state index contributed by atoms with van der Waals surface area (Å²) in [4.78, 5) is 15.9. The second-order valence-corrected chi connectivity index (χ2v) is 3.87. The second-order valence-electron chi connectivity index (χ2n) is 3.87. The average Bonchev–Trinajstić information content (AvgIpc) is 3.01. The minimum absolute atomic E-state index is 0.0330. The summed E-state index contributed by atoms with van der Waals surface area (Å²) in [5, 5.41) is 5.96. The highest BCUT2D eigenvalue weighted by Gasteiger charge is 2.24. The molecule has 4 nitrogen and oxygen atoms in total. The molecule has 0 bridgehead atoms. The second kappa shape index (κ2) is 3.88. The van der Waals surface area contributed by atoms with Crippen molar-refractivity contribution in [3.05, 3.63) is 23.5 Å². The first kappa shape index (κ1) is 9.96.